The minimum atomic E-state index is -0.515. The number of carbonyl (C=O) groups is 3. The first kappa shape index (κ1) is 25.7. The SMILES string of the molecule is COc1cc(/C=C2/SC(=O)N(CC(=O)N3CCCC3)C2=O)cc(Br)c1OCc1cccc([N+](=O)[O-])c1. The number of amides is 3. The van der Waals surface area contributed by atoms with E-state index in [1.165, 1.54) is 19.2 Å². The Labute approximate surface area is 219 Å². The molecule has 0 N–H and O–H groups in total. The van der Waals surface area contributed by atoms with Crippen LogP contribution in [-0.2, 0) is 16.2 Å². The van der Waals surface area contributed by atoms with Gasteiger partial charge in [-0.3, -0.25) is 29.4 Å². The third kappa shape index (κ3) is 5.71. The maximum absolute atomic E-state index is 12.8. The summed E-state index contributed by atoms with van der Waals surface area (Å²) in [4.78, 5) is 51.1. The zero-order valence-electron chi connectivity index (χ0n) is 19.3. The molecule has 0 radical (unpaired) electrons. The van der Waals surface area contributed by atoms with Crippen molar-refractivity contribution in [3.05, 3.63) is 67.0 Å². The molecule has 0 unspecified atom stereocenters. The van der Waals surface area contributed by atoms with Gasteiger partial charge in [0.1, 0.15) is 13.2 Å². The molecule has 2 aromatic rings. The van der Waals surface area contributed by atoms with E-state index in [-0.39, 0.29) is 29.7 Å². The minimum Gasteiger partial charge on any atom is -0.493 e. The molecule has 3 amide bonds. The van der Waals surface area contributed by atoms with E-state index >= 15 is 0 Å². The van der Waals surface area contributed by atoms with Gasteiger partial charge < -0.3 is 14.4 Å². The van der Waals surface area contributed by atoms with Crippen molar-refractivity contribution in [1.82, 2.24) is 9.80 Å². The lowest BCUT2D eigenvalue weighted by atomic mass is 10.1. The second-order valence-electron chi connectivity index (χ2n) is 8.11. The van der Waals surface area contributed by atoms with Crippen LogP contribution in [0.4, 0.5) is 10.5 Å². The van der Waals surface area contributed by atoms with Crippen molar-refractivity contribution >= 4 is 56.5 Å². The molecular formula is C24H22BrN3O7S. The molecule has 0 aliphatic carbocycles. The number of hydrogen-bond acceptors (Lipinski definition) is 8. The number of nitrogens with zero attached hydrogens (tertiary/aromatic N) is 3. The van der Waals surface area contributed by atoms with Crippen LogP contribution in [0.1, 0.15) is 24.0 Å². The molecule has 0 bridgehead atoms. The number of methoxy groups -OCH3 is 1. The number of rotatable bonds is 8. The minimum absolute atomic E-state index is 0.0337. The number of likely N-dealkylation sites (tertiary alicyclic amines) is 1. The van der Waals surface area contributed by atoms with Crippen molar-refractivity contribution in [3.63, 3.8) is 0 Å². The molecule has 12 heteroatoms. The van der Waals surface area contributed by atoms with Crippen molar-refractivity contribution in [3.8, 4) is 11.5 Å². The number of ether oxygens (including phenoxy) is 2. The summed E-state index contributed by atoms with van der Waals surface area (Å²) in [7, 11) is 1.46. The lowest BCUT2D eigenvalue weighted by Crippen LogP contribution is -2.40. The lowest BCUT2D eigenvalue weighted by molar-refractivity contribution is -0.384. The van der Waals surface area contributed by atoms with E-state index in [0.29, 0.717) is 40.2 Å². The van der Waals surface area contributed by atoms with Gasteiger partial charge in [-0.2, -0.15) is 0 Å². The van der Waals surface area contributed by atoms with E-state index in [0.717, 1.165) is 29.5 Å². The number of imide groups is 1. The van der Waals surface area contributed by atoms with Gasteiger partial charge in [-0.1, -0.05) is 12.1 Å². The third-order valence-electron chi connectivity index (χ3n) is 5.68. The Morgan fingerprint density at radius 2 is 1.97 bits per heavy atom. The van der Waals surface area contributed by atoms with E-state index in [2.05, 4.69) is 15.9 Å². The van der Waals surface area contributed by atoms with Gasteiger partial charge in [0.25, 0.3) is 16.8 Å². The summed E-state index contributed by atoms with van der Waals surface area (Å²) in [6.07, 6.45) is 3.41. The average Bonchev–Trinajstić information content (AvgIpc) is 3.48. The van der Waals surface area contributed by atoms with E-state index in [1.54, 1.807) is 35.2 Å². The van der Waals surface area contributed by atoms with E-state index < -0.39 is 16.1 Å². The summed E-state index contributed by atoms with van der Waals surface area (Å²) >= 11 is 4.23. The van der Waals surface area contributed by atoms with Crippen LogP contribution in [-0.4, -0.2) is 58.5 Å². The summed E-state index contributed by atoms with van der Waals surface area (Å²) < 4.78 is 11.8. The first-order chi connectivity index (χ1) is 17.3. The van der Waals surface area contributed by atoms with Gasteiger partial charge in [0.05, 0.1) is 21.4 Å². The van der Waals surface area contributed by atoms with Gasteiger partial charge in [-0.25, -0.2) is 0 Å². The first-order valence-corrected chi connectivity index (χ1v) is 12.6. The summed E-state index contributed by atoms with van der Waals surface area (Å²) in [6, 6.07) is 9.48. The van der Waals surface area contributed by atoms with Gasteiger partial charge in [0, 0.05) is 25.2 Å². The fourth-order valence-corrected chi connectivity index (χ4v) is 5.28. The molecule has 0 saturated carbocycles. The molecule has 10 nitrogen and oxygen atoms in total. The van der Waals surface area contributed by atoms with Crippen molar-refractivity contribution in [2.75, 3.05) is 26.7 Å². The van der Waals surface area contributed by atoms with Crippen LogP contribution in [0.15, 0.2) is 45.8 Å². The lowest BCUT2D eigenvalue weighted by Gasteiger charge is -2.18. The number of halogens is 1. The van der Waals surface area contributed by atoms with E-state index in [1.807, 2.05) is 0 Å². The highest BCUT2D eigenvalue weighted by Gasteiger charge is 2.37. The van der Waals surface area contributed by atoms with Crippen LogP contribution in [0.3, 0.4) is 0 Å². The van der Waals surface area contributed by atoms with Crippen LogP contribution in [0.5, 0.6) is 11.5 Å². The Morgan fingerprint density at radius 3 is 2.67 bits per heavy atom. The second kappa shape index (κ2) is 11.1. The number of carbonyl (C=O) groups excluding carboxylic acids is 3. The molecule has 2 saturated heterocycles. The Hall–Kier alpha value is -3.38. The Kier molecular flexibility index (Phi) is 7.94. The zero-order valence-corrected chi connectivity index (χ0v) is 21.7. The highest BCUT2D eigenvalue weighted by Crippen LogP contribution is 2.39. The van der Waals surface area contributed by atoms with Crippen molar-refractivity contribution in [2.45, 2.75) is 19.4 Å². The highest BCUT2D eigenvalue weighted by molar-refractivity contribution is 9.10. The van der Waals surface area contributed by atoms with Crippen LogP contribution in [0.2, 0.25) is 0 Å². The number of nitro benzene ring substituents is 1. The molecule has 4 rings (SSSR count). The Morgan fingerprint density at radius 1 is 1.22 bits per heavy atom. The molecule has 2 aliphatic rings. The summed E-state index contributed by atoms with van der Waals surface area (Å²) in [5.74, 6) is -0.000635. The molecule has 188 valence electrons. The van der Waals surface area contributed by atoms with Crippen molar-refractivity contribution in [1.29, 1.82) is 0 Å². The number of benzene rings is 2. The van der Waals surface area contributed by atoms with Crippen LogP contribution < -0.4 is 9.47 Å². The molecule has 0 atom stereocenters. The molecule has 2 aliphatic heterocycles. The molecule has 2 aromatic carbocycles. The second-order valence-corrected chi connectivity index (χ2v) is 9.95. The maximum Gasteiger partial charge on any atom is 0.294 e. The molecule has 36 heavy (non-hydrogen) atoms. The molecule has 2 fully saturated rings. The molecule has 0 aromatic heterocycles. The number of thioether (sulfide) groups is 1. The predicted octanol–water partition coefficient (Wildman–Crippen LogP) is 4.60. The predicted molar refractivity (Wildman–Crippen MR) is 137 cm³/mol. The Bertz CT molecular complexity index is 1260. The van der Waals surface area contributed by atoms with Crippen molar-refractivity contribution in [2.24, 2.45) is 0 Å². The normalized spacial score (nSPS) is 16.7. The van der Waals surface area contributed by atoms with Gasteiger partial charge >= 0.3 is 0 Å². The van der Waals surface area contributed by atoms with Gasteiger partial charge in [0.15, 0.2) is 11.5 Å². The Balaban J connectivity index is 1.49. The summed E-state index contributed by atoms with van der Waals surface area (Å²) in [6.45, 7) is 1.10. The summed E-state index contributed by atoms with van der Waals surface area (Å²) in [5.41, 5.74) is 1.16. The van der Waals surface area contributed by atoms with Gasteiger partial charge in [0.2, 0.25) is 5.91 Å². The molecule has 0 spiro atoms. The van der Waals surface area contributed by atoms with E-state index in [9.17, 15) is 24.5 Å². The third-order valence-corrected chi connectivity index (χ3v) is 7.18. The molecular weight excluding hydrogens is 554 g/mol. The van der Waals surface area contributed by atoms with Crippen LogP contribution in [0.25, 0.3) is 6.08 Å². The number of nitro groups is 1. The van der Waals surface area contributed by atoms with Crippen LogP contribution in [0, 0.1) is 10.1 Å². The quantitative estimate of drug-likeness (QED) is 0.254. The van der Waals surface area contributed by atoms with Gasteiger partial charge in [-0.15, -0.1) is 0 Å². The average molecular weight is 576 g/mol. The topological polar surface area (TPSA) is 119 Å². The fraction of sp³-hybridized carbons (Fsp3) is 0.292. The van der Waals surface area contributed by atoms with E-state index in [4.69, 9.17) is 9.47 Å². The highest BCUT2D eigenvalue weighted by atomic mass is 79.9. The smallest absolute Gasteiger partial charge is 0.294 e. The standard InChI is InChI=1S/C24H22BrN3O7S/c1-34-19-11-16(10-18(25)22(19)35-14-15-5-4-6-17(9-15)28(32)33)12-20-23(30)27(24(31)36-20)13-21(29)26-7-2-3-8-26/h4-6,9-12H,2-3,7-8,13-14H2,1H3/b20-12+. The maximum atomic E-state index is 12.8. The largest absolute Gasteiger partial charge is 0.493 e. The number of non-ortho nitro benzene ring substituents is 1. The van der Waals surface area contributed by atoms with Crippen LogP contribution >= 0.6 is 27.7 Å². The number of hydrogen-bond donors (Lipinski definition) is 0. The molecule has 2 heterocycles. The van der Waals surface area contributed by atoms with Crippen molar-refractivity contribution < 1.29 is 28.8 Å². The fourth-order valence-electron chi connectivity index (χ4n) is 3.87. The summed E-state index contributed by atoms with van der Waals surface area (Å²) in [5, 5.41) is 10.5. The monoisotopic (exact) mass is 575 g/mol. The zero-order chi connectivity index (χ0) is 25.8. The first-order valence-electron chi connectivity index (χ1n) is 11.0. The van der Waals surface area contributed by atoms with Gasteiger partial charge in [-0.05, 0) is 69.9 Å².